The Kier molecular flexibility index (Phi) is 12.7. The van der Waals surface area contributed by atoms with Crippen molar-refractivity contribution in [1.82, 2.24) is 16.0 Å². The van der Waals surface area contributed by atoms with Crippen molar-refractivity contribution in [3.8, 4) is 0 Å². The molecule has 0 radical (unpaired) electrons. The summed E-state index contributed by atoms with van der Waals surface area (Å²) in [5, 5.41) is 24.9. The summed E-state index contributed by atoms with van der Waals surface area (Å²) in [6.45, 7) is 2.91. The van der Waals surface area contributed by atoms with Gasteiger partial charge in [-0.2, -0.15) is 11.8 Å². The number of thioether (sulfide) groups is 1. The molecule has 0 aliphatic heterocycles. The number of hydrogen-bond acceptors (Lipinski definition) is 7. The summed E-state index contributed by atoms with van der Waals surface area (Å²) in [6, 6.07) is -3.20. The fourth-order valence-electron chi connectivity index (χ4n) is 2.22. The van der Waals surface area contributed by atoms with Crippen LogP contribution in [0.2, 0.25) is 0 Å². The van der Waals surface area contributed by atoms with Gasteiger partial charge in [-0.15, -0.1) is 0 Å². The minimum atomic E-state index is -1.40. The maximum atomic E-state index is 12.4. The Hall–Kier alpha value is -2.34. The first-order chi connectivity index (χ1) is 13.5. The van der Waals surface area contributed by atoms with E-state index in [1.807, 2.05) is 6.26 Å². The van der Waals surface area contributed by atoms with Gasteiger partial charge in [-0.1, -0.05) is 13.8 Å². The highest BCUT2D eigenvalue weighted by Crippen LogP contribution is 2.05. The molecule has 0 fully saturated rings. The number of nitrogens with two attached hydrogens (primary N) is 1. The van der Waals surface area contributed by atoms with Crippen LogP contribution in [0.1, 0.15) is 33.1 Å². The van der Waals surface area contributed by atoms with Crippen LogP contribution in [-0.4, -0.2) is 76.6 Å². The molecule has 0 aliphatic carbocycles. The van der Waals surface area contributed by atoms with Gasteiger partial charge in [-0.05, 0) is 30.8 Å². The molecule has 0 bridgehead atoms. The van der Waals surface area contributed by atoms with Crippen LogP contribution in [-0.2, 0) is 24.0 Å². The monoisotopic (exact) mass is 434 g/mol. The van der Waals surface area contributed by atoms with Crippen LogP contribution in [0.3, 0.4) is 0 Å². The van der Waals surface area contributed by atoms with Crippen LogP contribution in [0, 0.1) is 5.92 Å². The fourth-order valence-corrected chi connectivity index (χ4v) is 2.71. The van der Waals surface area contributed by atoms with E-state index in [0.717, 1.165) is 0 Å². The smallest absolute Gasteiger partial charge is 0.326 e. The summed E-state index contributed by atoms with van der Waals surface area (Å²) < 4.78 is 0. The summed E-state index contributed by atoms with van der Waals surface area (Å²) in [7, 11) is 0. The minimum absolute atomic E-state index is 0.293. The Labute approximate surface area is 173 Å². The molecular formula is C17H30N4O7S. The van der Waals surface area contributed by atoms with Gasteiger partial charge in [0.1, 0.15) is 12.1 Å². The highest BCUT2D eigenvalue weighted by Gasteiger charge is 2.29. The highest BCUT2D eigenvalue weighted by molar-refractivity contribution is 7.98. The second kappa shape index (κ2) is 13.8. The van der Waals surface area contributed by atoms with E-state index >= 15 is 0 Å². The number of nitrogens with one attached hydrogen (secondary N) is 3. The highest BCUT2D eigenvalue weighted by atomic mass is 32.2. The molecule has 0 saturated carbocycles. The van der Waals surface area contributed by atoms with Crippen molar-refractivity contribution >= 4 is 41.4 Å². The Morgan fingerprint density at radius 1 is 1.00 bits per heavy atom. The van der Waals surface area contributed by atoms with Gasteiger partial charge in [0.2, 0.25) is 17.7 Å². The van der Waals surface area contributed by atoms with Crippen LogP contribution < -0.4 is 21.7 Å². The molecule has 3 atom stereocenters. The first-order valence-electron chi connectivity index (χ1n) is 9.06. The standard InChI is InChI=1S/C17H30N4O7S/c1-9(2)14(16(26)20-11(17(27)28)4-5-13(23)24)21-12(22)8-19-15(25)10(18)6-7-29-3/h9-11,14H,4-8,18H2,1-3H3,(H,19,25)(H,20,26)(H,21,22)(H,23,24)(H,27,28). The normalized spacial score (nSPS) is 13.8. The molecule has 11 nitrogen and oxygen atoms in total. The van der Waals surface area contributed by atoms with E-state index in [9.17, 15) is 24.0 Å². The van der Waals surface area contributed by atoms with E-state index in [4.69, 9.17) is 15.9 Å². The molecule has 3 unspecified atom stereocenters. The molecule has 3 amide bonds. The van der Waals surface area contributed by atoms with Crippen LogP contribution in [0.25, 0.3) is 0 Å². The molecular weight excluding hydrogens is 404 g/mol. The molecule has 0 aliphatic rings. The molecule has 0 saturated heterocycles. The average Bonchev–Trinajstić information content (AvgIpc) is 2.64. The van der Waals surface area contributed by atoms with Crippen molar-refractivity contribution in [1.29, 1.82) is 0 Å². The van der Waals surface area contributed by atoms with Gasteiger partial charge < -0.3 is 31.9 Å². The lowest BCUT2D eigenvalue weighted by Gasteiger charge is -2.24. The number of carboxylic acid groups (broad SMARTS) is 2. The van der Waals surface area contributed by atoms with Gasteiger partial charge in [0.15, 0.2) is 0 Å². The second-order valence-corrected chi connectivity index (χ2v) is 7.71. The number of carboxylic acids is 2. The molecule has 12 heteroatoms. The van der Waals surface area contributed by atoms with Crippen molar-refractivity contribution in [2.24, 2.45) is 11.7 Å². The number of carbonyl (C=O) groups excluding carboxylic acids is 3. The number of rotatable bonds is 14. The van der Waals surface area contributed by atoms with Crippen LogP contribution in [0.5, 0.6) is 0 Å². The third-order valence-electron chi connectivity index (χ3n) is 3.92. The third-order valence-corrected chi connectivity index (χ3v) is 4.56. The Balaban J connectivity index is 4.77. The molecule has 0 spiro atoms. The number of hydrogen-bond donors (Lipinski definition) is 6. The van der Waals surface area contributed by atoms with Gasteiger partial charge in [0, 0.05) is 6.42 Å². The van der Waals surface area contributed by atoms with E-state index in [1.54, 1.807) is 25.6 Å². The van der Waals surface area contributed by atoms with Crippen LogP contribution in [0.4, 0.5) is 0 Å². The molecule has 7 N–H and O–H groups in total. The predicted octanol–water partition coefficient (Wildman–Crippen LogP) is -1.24. The lowest BCUT2D eigenvalue weighted by molar-refractivity contribution is -0.143. The number of aliphatic carboxylic acids is 2. The van der Waals surface area contributed by atoms with E-state index in [2.05, 4.69) is 16.0 Å². The lowest BCUT2D eigenvalue weighted by Crippen LogP contribution is -2.55. The van der Waals surface area contributed by atoms with Gasteiger partial charge in [0.05, 0.1) is 12.6 Å². The first-order valence-corrected chi connectivity index (χ1v) is 10.5. The Bertz CT molecular complexity index is 600. The average molecular weight is 435 g/mol. The molecule has 29 heavy (non-hydrogen) atoms. The van der Waals surface area contributed by atoms with Gasteiger partial charge in [0.25, 0.3) is 0 Å². The molecule has 166 valence electrons. The van der Waals surface area contributed by atoms with Gasteiger partial charge >= 0.3 is 11.9 Å². The lowest BCUT2D eigenvalue weighted by atomic mass is 10.0. The summed E-state index contributed by atoms with van der Waals surface area (Å²) in [5.74, 6) is -4.13. The summed E-state index contributed by atoms with van der Waals surface area (Å²) in [6.07, 6.45) is 1.61. The molecule has 0 heterocycles. The zero-order valence-corrected chi connectivity index (χ0v) is 17.6. The summed E-state index contributed by atoms with van der Waals surface area (Å²) in [4.78, 5) is 58.2. The van der Waals surface area contributed by atoms with Crippen molar-refractivity contribution in [2.45, 2.75) is 51.2 Å². The molecule has 0 aromatic carbocycles. The maximum absolute atomic E-state index is 12.4. The molecule has 0 aromatic rings. The van der Waals surface area contributed by atoms with Gasteiger partial charge in [-0.3, -0.25) is 19.2 Å². The van der Waals surface area contributed by atoms with Gasteiger partial charge in [-0.25, -0.2) is 4.79 Å². The van der Waals surface area contributed by atoms with E-state index in [1.165, 1.54) is 0 Å². The zero-order chi connectivity index (χ0) is 22.6. The Morgan fingerprint density at radius 3 is 2.10 bits per heavy atom. The van der Waals surface area contributed by atoms with Crippen LogP contribution in [0.15, 0.2) is 0 Å². The topological polar surface area (TPSA) is 188 Å². The fraction of sp³-hybridized carbons (Fsp3) is 0.706. The molecule has 0 rings (SSSR count). The van der Waals surface area contributed by atoms with E-state index in [-0.39, 0.29) is 18.9 Å². The number of amides is 3. The molecule has 0 aromatic heterocycles. The van der Waals surface area contributed by atoms with E-state index in [0.29, 0.717) is 12.2 Å². The largest absolute Gasteiger partial charge is 0.481 e. The van der Waals surface area contributed by atoms with Crippen molar-refractivity contribution < 1.29 is 34.2 Å². The second-order valence-electron chi connectivity index (χ2n) is 6.73. The minimum Gasteiger partial charge on any atom is -0.481 e. The van der Waals surface area contributed by atoms with Crippen molar-refractivity contribution in [3.05, 3.63) is 0 Å². The third kappa shape index (κ3) is 11.3. The van der Waals surface area contributed by atoms with Crippen molar-refractivity contribution in [3.63, 3.8) is 0 Å². The zero-order valence-electron chi connectivity index (χ0n) is 16.8. The summed E-state index contributed by atoms with van der Waals surface area (Å²) >= 11 is 1.54. The maximum Gasteiger partial charge on any atom is 0.326 e. The van der Waals surface area contributed by atoms with E-state index < -0.39 is 54.2 Å². The predicted molar refractivity (Wildman–Crippen MR) is 107 cm³/mol. The van der Waals surface area contributed by atoms with Crippen molar-refractivity contribution in [2.75, 3.05) is 18.6 Å². The first kappa shape index (κ1) is 26.7. The van der Waals surface area contributed by atoms with Crippen LogP contribution >= 0.6 is 11.8 Å². The Morgan fingerprint density at radius 2 is 1.62 bits per heavy atom. The summed E-state index contributed by atoms with van der Waals surface area (Å²) in [5.41, 5.74) is 5.70. The number of carbonyl (C=O) groups is 5. The SMILES string of the molecule is CSCCC(N)C(=O)NCC(=O)NC(C(=O)NC(CCC(=O)O)C(=O)O)C(C)C. The quantitative estimate of drug-likeness (QED) is 0.194.